The van der Waals surface area contributed by atoms with Gasteiger partial charge in [0.2, 0.25) is 0 Å². The molecule has 2 N–H and O–H groups in total. The lowest BCUT2D eigenvalue weighted by Gasteiger charge is -2.13. The van der Waals surface area contributed by atoms with Crippen LogP contribution >= 0.6 is 23.4 Å². The van der Waals surface area contributed by atoms with Crippen molar-refractivity contribution >= 4 is 46.6 Å². The van der Waals surface area contributed by atoms with E-state index < -0.39 is 11.9 Å². The van der Waals surface area contributed by atoms with Crippen molar-refractivity contribution in [3.05, 3.63) is 70.2 Å². The predicted octanol–water partition coefficient (Wildman–Crippen LogP) is 4.42. The number of halogens is 1. The molecule has 0 radical (unpaired) electrons. The zero-order chi connectivity index (χ0) is 20.4. The second-order valence-electron chi connectivity index (χ2n) is 5.36. The van der Waals surface area contributed by atoms with Crippen molar-refractivity contribution in [2.75, 3.05) is 23.0 Å². The molecule has 8 heteroatoms. The van der Waals surface area contributed by atoms with Gasteiger partial charge in [0, 0.05) is 16.4 Å². The van der Waals surface area contributed by atoms with Crippen molar-refractivity contribution in [2.45, 2.75) is 6.92 Å². The Morgan fingerprint density at radius 2 is 1.71 bits per heavy atom. The average molecular weight is 416 g/mol. The van der Waals surface area contributed by atoms with Gasteiger partial charge < -0.3 is 15.4 Å². The monoisotopic (exact) mass is 415 g/mol. The number of hydrogen-bond acceptors (Lipinski definition) is 6. The molecule has 0 atom stereocenters. The van der Waals surface area contributed by atoms with Gasteiger partial charge in [-0.05, 0) is 43.3 Å². The molecule has 0 saturated carbocycles. The molecule has 0 saturated heterocycles. The Kier molecular flexibility index (Phi) is 8.40. The SMILES string of the molecule is CCOC(=O)CS/C(Nc1ccccc1)=C(/C#N)C(=O)Nc1ccc(Cl)cc1. The second-order valence-corrected chi connectivity index (χ2v) is 6.78. The molecule has 0 aliphatic rings. The summed E-state index contributed by atoms with van der Waals surface area (Å²) in [5, 5.41) is 16.1. The Balaban J connectivity index is 2.26. The van der Waals surface area contributed by atoms with Gasteiger partial charge in [0.15, 0.2) is 0 Å². The van der Waals surface area contributed by atoms with Crippen molar-refractivity contribution < 1.29 is 14.3 Å². The van der Waals surface area contributed by atoms with E-state index in [0.717, 1.165) is 11.8 Å². The van der Waals surface area contributed by atoms with Gasteiger partial charge in [-0.1, -0.05) is 41.6 Å². The summed E-state index contributed by atoms with van der Waals surface area (Å²) in [6.07, 6.45) is 0. The molecule has 0 aliphatic carbocycles. The maximum absolute atomic E-state index is 12.6. The summed E-state index contributed by atoms with van der Waals surface area (Å²) in [6.45, 7) is 1.97. The highest BCUT2D eigenvalue weighted by Gasteiger charge is 2.18. The van der Waals surface area contributed by atoms with Crippen LogP contribution in [0.4, 0.5) is 11.4 Å². The number of carbonyl (C=O) groups is 2. The number of ether oxygens (including phenoxy) is 1. The fraction of sp³-hybridized carbons (Fsp3) is 0.150. The van der Waals surface area contributed by atoms with E-state index in [1.54, 1.807) is 43.3 Å². The summed E-state index contributed by atoms with van der Waals surface area (Å²) in [4.78, 5) is 24.4. The first-order chi connectivity index (χ1) is 13.5. The molecule has 0 fully saturated rings. The zero-order valence-electron chi connectivity index (χ0n) is 15.1. The third-order valence-corrected chi connectivity index (χ3v) is 4.57. The van der Waals surface area contributed by atoms with Crippen LogP contribution < -0.4 is 10.6 Å². The third-order valence-electron chi connectivity index (χ3n) is 3.34. The molecule has 2 aromatic carbocycles. The topological polar surface area (TPSA) is 91.2 Å². The van der Waals surface area contributed by atoms with Crippen LogP contribution in [0.3, 0.4) is 0 Å². The van der Waals surface area contributed by atoms with Crippen LogP contribution in [0.5, 0.6) is 0 Å². The molecule has 28 heavy (non-hydrogen) atoms. The molecule has 0 heterocycles. The number of anilines is 2. The normalized spacial score (nSPS) is 11.0. The highest BCUT2D eigenvalue weighted by Crippen LogP contribution is 2.24. The van der Waals surface area contributed by atoms with Crippen LogP contribution in [0.15, 0.2) is 65.2 Å². The van der Waals surface area contributed by atoms with Gasteiger partial charge in [0.05, 0.1) is 17.4 Å². The number of amides is 1. The molecule has 0 bridgehead atoms. The zero-order valence-corrected chi connectivity index (χ0v) is 16.6. The van der Waals surface area contributed by atoms with Crippen molar-refractivity contribution in [1.82, 2.24) is 0 Å². The van der Waals surface area contributed by atoms with Gasteiger partial charge >= 0.3 is 5.97 Å². The Bertz CT molecular complexity index is 893. The number of esters is 1. The molecule has 6 nitrogen and oxygen atoms in total. The van der Waals surface area contributed by atoms with Crippen molar-refractivity contribution in [2.24, 2.45) is 0 Å². The number of rotatable bonds is 8. The second kappa shape index (κ2) is 11.0. The van der Waals surface area contributed by atoms with Crippen molar-refractivity contribution in [3.8, 4) is 6.07 Å². The van der Waals surface area contributed by atoms with E-state index in [-0.39, 0.29) is 23.0 Å². The number of hydrogen-bond donors (Lipinski definition) is 2. The lowest BCUT2D eigenvalue weighted by Crippen LogP contribution is -2.18. The van der Waals surface area contributed by atoms with Gasteiger partial charge in [-0.25, -0.2) is 0 Å². The van der Waals surface area contributed by atoms with Crippen molar-refractivity contribution in [1.29, 1.82) is 5.26 Å². The minimum Gasteiger partial charge on any atom is -0.465 e. The van der Waals surface area contributed by atoms with Crippen LogP contribution in [0.2, 0.25) is 5.02 Å². The minimum absolute atomic E-state index is 0.0393. The van der Waals surface area contributed by atoms with Crippen LogP contribution in [0, 0.1) is 11.3 Å². The summed E-state index contributed by atoms with van der Waals surface area (Å²) in [6, 6.07) is 17.5. The molecule has 0 spiro atoms. The maximum atomic E-state index is 12.6. The number of nitrogens with zero attached hydrogens (tertiary/aromatic N) is 1. The Hall–Kier alpha value is -2.95. The van der Waals surface area contributed by atoms with Crippen molar-refractivity contribution in [3.63, 3.8) is 0 Å². The van der Waals surface area contributed by atoms with E-state index in [9.17, 15) is 14.9 Å². The molecule has 144 valence electrons. The van der Waals surface area contributed by atoms with E-state index in [4.69, 9.17) is 16.3 Å². The van der Waals surface area contributed by atoms with Gasteiger partial charge in [0.25, 0.3) is 5.91 Å². The highest BCUT2D eigenvalue weighted by atomic mass is 35.5. The molecule has 2 rings (SSSR count). The van der Waals surface area contributed by atoms with Gasteiger partial charge in [-0.15, -0.1) is 0 Å². The molecule has 0 aromatic heterocycles. The predicted molar refractivity (Wildman–Crippen MR) is 112 cm³/mol. The van der Waals surface area contributed by atoms with Crippen LogP contribution in [-0.4, -0.2) is 24.2 Å². The van der Waals surface area contributed by atoms with Gasteiger partial charge in [0.1, 0.15) is 11.6 Å². The molecule has 0 aliphatic heterocycles. The quantitative estimate of drug-likeness (QED) is 0.376. The Morgan fingerprint density at radius 1 is 1.07 bits per heavy atom. The number of thioether (sulfide) groups is 1. The van der Waals surface area contributed by atoms with E-state index in [1.165, 1.54) is 0 Å². The van der Waals surface area contributed by atoms with E-state index >= 15 is 0 Å². The lowest BCUT2D eigenvalue weighted by molar-refractivity contribution is -0.139. The summed E-state index contributed by atoms with van der Waals surface area (Å²) in [5.74, 6) is -1.07. The first-order valence-electron chi connectivity index (χ1n) is 8.35. The summed E-state index contributed by atoms with van der Waals surface area (Å²) >= 11 is 6.87. The number of benzene rings is 2. The number of nitrogens with one attached hydrogen (secondary N) is 2. The molecular weight excluding hydrogens is 398 g/mol. The van der Waals surface area contributed by atoms with Crippen LogP contribution in [0.25, 0.3) is 0 Å². The van der Waals surface area contributed by atoms with Crippen LogP contribution in [-0.2, 0) is 14.3 Å². The number of para-hydroxylation sites is 1. The Morgan fingerprint density at radius 3 is 2.32 bits per heavy atom. The number of nitriles is 1. The Labute approximate surface area is 172 Å². The van der Waals surface area contributed by atoms with Crippen LogP contribution in [0.1, 0.15) is 6.92 Å². The summed E-state index contributed by atoms with van der Waals surface area (Å²) < 4.78 is 4.92. The molecule has 2 aromatic rings. The fourth-order valence-electron chi connectivity index (χ4n) is 2.09. The third kappa shape index (κ3) is 6.65. The largest absolute Gasteiger partial charge is 0.465 e. The molecule has 1 amide bonds. The lowest BCUT2D eigenvalue weighted by atomic mass is 10.2. The summed E-state index contributed by atoms with van der Waals surface area (Å²) in [7, 11) is 0. The highest BCUT2D eigenvalue weighted by molar-refractivity contribution is 8.03. The van der Waals surface area contributed by atoms with Gasteiger partial charge in [-0.2, -0.15) is 5.26 Å². The fourth-order valence-corrected chi connectivity index (χ4v) is 3.03. The smallest absolute Gasteiger partial charge is 0.316 e. The maximum Gasteiger partial charge on any atom is 0.316 e. The molecular formula is C20H18ClN3O3S. The first kappa shape index (κ1) is 21.4. The van der Waals surface area contributed by atoms with E-state index in [1.807, 2.05) is 24.3 Å². The number of carbonyl (C=O) groups excluding carboxylic acids is 2. The average Bonchev–Trinajstić information content (AvgIpc) is 2.69. The molecule has 0 unspecified atom stereocenters. The minimum atomic E-state index is -0.598. The standard InChI is InChI=1S/C20H18ClN3O3S/c1-2-27-18(25)13-28-20(24-15-6-4-3-5-7-15)17(12-22)19(26)23-16-10-8-14(21)9-11-16/h3-11,24H,2,13H2,1H3,(H,23,26)/b20-17-. The van der Waals surface area contributed by atoms with Gasteiger partial charge in [-0.3, -0.25) is 9.59 Å². The summed E-state index contributed by atoms with van der Waals surface area (Å²) in [5.41, 5.74) is 1.03. The first-order valence-corrected chi connectivity index (χ1v) is 9.71. The van der Waals surface area contributed by atoms with E-state index in [0.29, 0.717) is 16.4 Å². The van der Waals surface area contributed by atoms with E-state index in [2.05, 4.69) is 10.6 Å².